The van der Waals surface area contributed by atoms with Gasteiger partial charge in [-0.1, -0.05) is 206 Å². The molecule has 0 bridgehead atoms. The van der Waals surface area contributed by atoms with Crippen molar-refractivity contribution in [1.29, 1.82) is 0 Å². The summed E-state index contributed by atoms with van der Waals surface area (Å²) in [6.45, 7) is 0. The Balaban J connectivity index is 0.885. The lowest BCUT2D eigenvalue weighted by molar-refractivity contribution is 1.18. The molecule has 0 saturated carbocycles. The minimum absolute atomic E-state index is 0.824. The summed E-state index contributed by atoms with van der Waals surface area (Å²) < 4.78 is 9.59. The average molecular weight is 1150 g/mol. The number of aromatic nitrogens is 6. The summed E-state index contributed by atoms with van der Waals surface area (Å²) in [6, 6.07) is 115. The second-order valence-electron chi connectivity index (χ2n) is 23.6. The molecule has 0 aliphatic carbocycles. The summed E-state index contributed by atoms with van der Waals surface area (Å²) in [5.41, 5.74) is 23.2. The maximum absolute atomic E-state index is 5.90. The van der Waals surface area contributed by atoms with E-state index in [4.69, 9.17) is 9.97 Å². The molecule has 90 heavy (non-hydrogen) atoms. The molecule has 0 spiro atoms. The molecular formula is C84H52N6. The van der Waals surface area contributed by atoms with E-state index in [9.17, 15) is 0 Å². The quantitative estimate of drug-likeness (QED) is 0.142. The summed E-state index contributed by atoms with van der Waals surface area (Å²) in [7, 11) is 0. The van der Waals surface area contributed by atoms with Gasteiger partial charge in [0.15, 0.2) is 0 Å². The van der Waals surface area contributed by atoms with Crippen LogP contribution >= 0.6 is 0 Å². The van der Waals surface area contributed by atoms with E-state index in [0.29, 0.717) is 0 Å². The van der Waals surface area contributed by atoms with E-state index in [1.54, 1.807) is 0 Å². The van der Waals surface area contributed by atoms with Gasteiger partial charge in [-0.05, 0) is 131 Å². The highest BCUT2D eigenvalue weighted by molar-refractivity contribution is 6.16. The fraction of sp³-hybridized carbons (Fsp3) is 0. The molecule has 0 atom stereocenters. The molecule has 0 radical (unpaired) electrons. The summed E-state index contributed by atoms with van der Waals surface area (Å²) in [5, 5.41) is 11.8. The molecule has 19 rings (SSSR count). The highest BCUT2D eigenvalue weighted by Crippen LogP contribution is 2.44. The van der Waals surface area contributed by atoms with Crippen molar-refractivity contribution in [2.24, 2.45) is 0 Å². The molecule has 0 saturated heterocycles. The molecule has 0 fully saturated rings. The highest BCUT2D eigenvalue weighted by Gasteiger charge is 2.22. The highest BCUT2D eigenvalue weighted by atomic mass is 15.0. The molecule has 418 valence electrons. The van der Waals surface area contributed by atoms with Gasteiger partial charge in [0, 0.05) is 87.7 Å². The van der Waals surface area contributed by atoms with Crippen molar-refractivity contribution >= 4 is 109 Å². The molecule has 13 aromatic carbocycles. The number of para-hydroxylation sites is 8. The van der Waals surface area contributed by atoms with E-state index in [1.165, 1.54) is 43.1 Å². The summed E-state index contributed by atoms with van der Waals surface area (Å²) in [6.07, 6.45) is 0. The molecule has 0 N–H and O–H groups in total. The lowest BCUT2D eigenvalue weighted by atomic mass is 9.93. The van der Waals surface area contributed by atoms with Crippen LogP contribution < -0.4 is 0 Å². The number of fused-ring (bicyclic) bond motifs is 15. The van der Waals surface area contributed by atoms with Crippen molar-refractivity contribution in [1.82, 2.24) is 28.2 Å². The number of hydrogen-bond acceptors (Lipinski definition) is 2. The Bertz CT molecular complexity index is 5600. The maximum atomic E-state index is 5.90. The predicted molar refractivity (Wildman–Crippen MR) is 376 cm³/mol. The first-order valence-electron chi connectivity index (χ1n) is 30.8. The van der Waals surface area contributed by atoms with Crippen LogP contribution in [0.15, 0.2) is 315 Å². The Morgan fingerprint density at radius 1 is 0.178 bits per heavy atom. The summed E-state index contributed by atoms with van der Waals surface area (Å²) in [4.78, 5) is 11.8. The van der Waals surface area contributed by atoms with E-state index in [0.717, 1.165) is 133 Å². The number of benzene rings is 13. The van der Waals surface area contributed by atoms with Crippen molar-refractivity contribution in [2.75, 3.05) is 0 Å². The molecule has 19 aromatic rings. The first kappa shape index (κ1) is 50.1. The van der Waals surface area contributed by atoms with Crippen molar-refractivity contribution in [3.63, 3.8) is 0 Å². The van der Waals surface area contributed by atoms with Crippen molar-refractivity contribution in [2.45, 2.75) is 0 Å². The van der Waals surface area contributed by atoms with Gasteiger partial charge in [-0.2, -0.15) is 0 Å². The standard InChI is InChI=1S/C84H52N6/c1-9-37-75-61(29-1)62-30-2-10-38-76(62)87(75)57-25-17-21-53(47-57)71-51-73(55-23-19-27-59(49-55)89-79-41-13-5-33-65(79)66-34-6-14-42-80(66)89)85-83-69(71)45-46-70-72(54-22-18-26-58(48-54)88-77-39-11-3-31-63(77)64-32-4-12-40-78(64)88)52-74(86-84(70)83)56-24-20-28-60(50-56)90-81-43-15-7-35-67(81)68-36-8-16-44-82(68)90/h1-52H. The first-order chi connectivity index (χ1) is 44.6. The Morgan fingerprint density at radius 3 is 0.656 bits per heavy atom. The molecule has 6 nitrogen and oxygen atoms in total. The van der Waals surface area contributed by atoms with Crippen LogP contribution in [-0.2, 0) is 0 Å². The Kier molecular flexibility index (Phi) is 11.0. The van der Waals surface area contributed by atoms with Crippen molar-refractivity contribution in [3.8, 4) is 67.5 Å². The summed E-state index contributed by atoms with van der Waals surface area (Å²) >= 11 is 0. The predicted octanol–water partition coefficient (Wildman–Crippen LogP) is 21.8. The lowest BCUT2D eigenvalue weighted by Crippen LogP contribution is -1.99. The lowest BCUT2D eigenvalue weighted by Gasteiger charge is -2.17. The fourth-order valence-corrected chi connectivity index (χ4v) is 14.8. The molecule has 6 heteroatoms. The van der Waals surface area contributed by atoms with Gasteiger partial charge in [-0.3, -0.25) is 0 Å². The summed E-state index contributed by atoms with van der Waals surface area (Å²) in [5.74, 6) is 0. The minimum atomic E-state index is 0.824. The maximum Gasteiger partial charge on any atom is 0.0978 e. The average Bonchev–Trinajstić information content (AvgIpc) is 1.35. The van der Waals surface area contributed by atoms with Gasteiger partial charge in [-0.15, -0.1) is 0 Å². The molecule has 0 aliphatic heterocycles. The van der Waals surface area contributed by atoms with Gasteiger partial charge in [0.25, 0.3) is 0 Å². The number of hydrogen-bond donors (Lipinski definition) is 0. The van der Waals surface area contributed by atoms with Gasteiger partial charge < -0.3 is 18.3 Å². The van der Waals surface area contributed by atoms with Crippen molar-refractivity contribution < 1.29 is 0 Å². The van der Waals surface area contributed by atoms with Crippen LogP contribution in [0.2, 0.25) is 0 Å². The number of rotatable bonds is 8. The van der Waals surface area contributed by atoms with Crippen LogP contribution in [0.5, 0.6) is 0 Å². The third-order valence-electron chi connectivity index (χ3n) is 18.7. The van der Waals surface area contributed by atoms with Crippen LogP contribution in [0.3, 0.4) is 0 Å². The SMILES string of the molecule is c1cc(-c2cc(-c3cccc(-n4c5ccccc5c5ccccc54)c3)c3ccc4c(-c5cccc(-n6c7ccccc7c7ccccc76)c5)cc(-c5cccc(-n6c7ccccc7c7ccccc76)c5)nc4c3n2)cc(-n2c3ccccc3c3ccccc32)c1. The van der Waals surface area contributed by atoms with E-state index < -0.39 is 0 Å². The molecule has 6 aromatic heterocycles. The monoisotopic (exact) mass is 1140 g/mol. The first-order valence-corrected chi connectivity index (χ1v) is 30.8. The van der Waals surface area contributed by atoms with Crippen LogP contribution in [0.4, 0.5) is 0 Å². The van der Waals surface area contributed by atoms with Gasteiger partial charge >= 0.3 is 0 Å². The number of pyridine rings is 2. The van der Waals surface area contributed by atoms with E-state index in [-0.39, 0.29) is 0 Å². The van der Waals surface area contributed by atoms with E-state index >= 15 is 0 Å². The largest absolute Gasteiger partial charge is 0.309 e. The Hall–Kier alpha value is -12.1. The van der Waals surface area contributed by atoms with Gasteiger partial charge in [0.2, 0.25) is 0 Å². The van der Waals surface area contributed by atoms with Crippen LogP contribution in [-0.4, -0.2) is 28.2 Å². The van der Waals surface area contributed by atoms with Gasteiger partial charge in [-0.25, -0.2) is 9.97 Å². The van der Waals surface area contributed by atoms with E-state index in [1.807, 2.05) is 0 Å². The number of nitrogens with zero attached hydrogens (tertiary/aromatic N) is 6. The zero-order chi connectivity index (χ0) is 59.0. The van der Waals surface area contributed by atoms with Crippen LogP contribution in [0.25, 0.3) is 177 Å². The Morgan fingerprint density at radius 2 is 0.400 bits per heavy atom. The molecular weight excluding hydrogens is 1090 g/mol. The van der Waals surface area contributed by atoms with Gasteiger partial charge in [0.1, 0.15) is 0 Å². The molecule has 0 unspecified atom stereocenters. The second kappa shape index (κ2) is 19.7. The Labute approximate surface area is 517 Å². The zero-order valence-electron chi connectivity index (χ0n) is 48.7. The van der Waals surface area contributed by atoms with Crippen LogP contribution in [0, 0.1) is 0 Å². The second-order valence-corrected chi connectivity index (χ2v) is 23.6. The van der Waals surface area contributed by atoms with E-state index in [2.05, 4.69) is 334 Å². The molecule has 0 amide bonds. The molecule has 0 aliphatic rings. The normalized spacial score (nSPS) is 12.0. The fourth-order valence-electron chi connectivity index (χ4n) is 14.8. The molecule has 6 heterocycles. The third kappa shape index (κ3) is 7.58. The van der Waals surface area contributed by atoms with Crippen molar-refractivity contribution in [3.05, 3.63) is 315 Å². The third-order valence-corrected chi connectivity index (χ3v) is 18.7. The minimum Gasteiger partial charge on any atom is -0.309 e. The zero-order valence-corrected chi connectivity index (χ0v) is 48.7. The smallest absolute Gasteiger partial charge is 0.0978 e. The van der Waals surface area contributed by atoms with Gasteiger partial charge in [0.05, 0.1) is 66.6 Å². The van der Waals surface area contributed by atoms with Crippen LogP contribution in [0.1, 0.15) is 0 Å². The topological polar surface area (TPSA) is 45.5 Å².